The number of nitrogens with zero attached hydrogens (tertiary/aromatic N) is 3. The molecule has 2 aromatic carbocycles. The quantitative estimate of drug-likeness (QED) is 0.423. The largest absolute Gasteiger partial charge is 0.493 e. The molecule has 1 saturated heterocycles. The van der Waals surface area contributed by atoms with E-state index in [2.05, 4.69) is 15.5 Å². The lowest BCUT2D eigenvalue weighted by molar-refractivity contribution is -0.385. The summed E-state index contributed by atoms with van der Waals surface area (Å²) >= 11 is 1.29. The van der Waals surface area contributed by atoms with Crippen molar-refractivity contribution in [1.82, 2.24) is 5.32 Å². The van der Waals surface area contributed by atoms with E-state index >= 15 is 0 Å². The van der Waals surface area contributed by atoms with Gasteiger partial charge in [0.15, 0.2) is 16.7 Å². The zero-order valence-electron chi connectivity index (χ0n) is 15.7. The summed E-state index contributed by atoms with van der Waals surface area (Å²) < 4.78 is 11.1. The fourth-order valence-electron chi connectivity index (χ4n) is 2.53. The van der Waals surface area contributed by atoms with Gasteiger partial charge < -0.3 is 14.8 Å². The van der Waals surface area contributed by atoms with Crippen LogP contribution in [0.1, 0.15) is 16.7 Å². The van der Waals surface area contributed by atoms with E-state index in [-0.39, 0.29) is 18.2 Å². The Bertz CT molecular complexity index is 1010. The molecular formula is C19H18N4O5S. The first-order valence-electron chi connectivity index (χ1n) is 8.54. The maximum absolute atomic E-state index is 11.2. The van der Waals surface area contributed by atoms with Crippen LogP contribution in [-0.2, 0) is 11.4 Å². The molecule has 1 aliphatic rings. The Balaban J connectivity index is 1.71. The first kappa shape index (κ1) is 20.3. The van der Waals surface area contributed by atoms with Crippen LogP contribution in [0.25, 0.3) is 0 Å². The van der Waals surface area contributed by atoms with E-state index in [1.807, 2.05) is 0 Å². The van der Waals surface area contributed by atoms with Gasteiger partial charge in [-0.2, -0.15) is 5.10 Å². The molecular weight excluding hydrogens is 396 g/mol. The van der Waals surface area contributed by atoms with Crippen LogP contribution in [0.15, 0.2) is 46.6 Å². The van der Waals surface area contributed by atoms with Gasteiger partial charge in [0, 0.05) is 6.07 Å². The zero-order chi connectivity index (χ0) is 20.8. The van der Waals surface area contributed by atoms with Crippen molar-refractivity contribution in [2.45, 2.75) is 13.5 Å². The second-order valence-corrected chi connectivity index (χ2v) is 7.04. The molecule has 1 fully saturated rings. The monoisotopic (exact) mass is 414 g/mol. The minimum atomic E-state index is -0.422. The van der Waals surface area contributed by atoms with Crippen molar-refractivity contribution in [3.05, 3.63) is 63.2 Å². The highest BCUT2D eigenvalue weighted by Crippen LogP contribution is 2.30. The molecule has 1 N–H and O–H groups in total. The Kier molecular flexibility index (Phi) is 6.45. The highest BCUT2D eigenvalue weighted by atomic mass is 32.2. The third-order valence-electron chi connectivity index (χ3n) is 3.95. The van der Waals surface area contributed by atoms with E-state index in [4.69, 9.17) is 9.47 Å². The number of hydrogen-bond acceptors (Lipinski definition) is 8. The molecule has 0 bridgehead atoms. The van der Waals surface area contributed by atoms with Crippen molar-refractivity contribution in [3.8, 4) is 11.5 Å². The maximum Gasteiger partial charge on any atom is 0.276 e. The summed E-state index contributed by atoms with van der Waals surface area (Å²) in [6.07, 6.45) is 1.52. The van der Waals surface area contributed by atoms with Crippen LogP contribution in [0.5, 0.6) is 11.5 Å². The minimum Gasteiger partial charge on any atom is -0.493 e. The second-order valence-electron chi connectivity index (χ2n) is 6.07. The molecule has 1 heterocycles. The van der Waals surface area contributed by atoms with E-state index < -0.39 is 4.92 Å². The van der Waals surface area contributed by atoms with Crippen LogP contribution in [0, 0.1) is 17.0 Å². The van der Waals surface area contributed by atoms with Crippen LogP contribution in [-0.4, -0.2) is 35.1 Å². The van der Waals surface area contributed by atoms with Crippen molar-refractivity contribution in [2.24, 2.45) is 10.2 Å². The molecule has 0 saturated carbocycles. The lowest BCUT2D eigenvalue weighted by Gasteiger charge is -2.11. The molecule has 2 aromatic rings. The standard InChI is InChI=1S/C19H18N4O5S/c1-12-3-5-14(15(7-12)23(25)26)10-28-16-6-4-13(8-17(16)27-2)9-20-22-19-21-18(24)11-29-19/h3-9H,10-11H2,1-2H3,(H,21,22,24). The molecule has 0 atom stereocenters. The lowest BCUT2D eigenvalue weighted by Crippen LogP contribution is -2.19. The van der Waals surface area contributed by atoms with Crippen LogP contribution in [0.3, 0.4) is 0 Å². The van der Waals surface area contributed by atoms with Crippen molar-refractivity contribution in [3.63, 3.8) is 0 Å². The number of benzene rings is 2. The number of thioether (sulfide) groups is 1. The zero-order valence-corrected chi connectivity index (χ0v) is 16.6. The number of amidine groups is 1. The summed E-state index contributed by atoms with van der Waals surface area (Å²) in [6.45, 7) is 1.83. The molecule has 10 heteroatoms. The normalized spacial score (nSPS) is 15.0. The highest BCUT2D eigenvalue weighted by Gasteiger charge is 2.16. The molecule has 29 heavy (non-hydrogen) atoms. The molecule has 0 unspecified atom stereocenters. The van der Waals surface area contributed by atoms with Gasteiger partial charge in [-0.05, 0) is 42.3 Å². The first-order chi connectivity index (χ1) is 14.0. The van der Waals surface area contributed by atoms with Crippen molar-refractivity contribution in [1.29, 1.82) is 0 Å². The Hall–Kier alpha value is -3.40. The molecule has 0 spiro atoms. The molecule has 150 valence electrons. The average molecular weight is 414 g/mol. The number of hydrogen-bond donors (Lipinski definition) is 1. The number of nitro benzene ring substituents is 1. The predicted octanol–water partition coefficient (Wildman–Crippen LogP) is 3.04. The van der Waals surface area contributed by atoms with Gasteiger partial charge >= 0.3 is 0 Å². The Labute approximate surface area is 171 Å². The van der Waals surface area contributed by atoms with Crippen LogP contribution in [0.4, 0.5) is 5.69 Å². The molecule has 0 aliphatic carbocycles. The number of carbonyl (C=O) groups excluding carboxylic acids is 1. The van der Waals surface area contributed by atoms with Crippen LogP contribution in [0.2, 0.25) is 0 Å². The third kappa shape index (κ3) is 5.32. The summed E-state index contributed by atoms with van der Waals surface area (Å²) in [4.78, 5) is 21.9. The number of amides is 1. The molecule has 1 amide bonds. The summed E-state index contributed by atoms with van der Waals surface area (Å²) in [6, 6.07) is 10.2. The van der Waals surface area contributed by atoms with E-state index in [0.717, 1.165) is 5.56 Å². The third-order valence-corrected chi connectivity index (χ3v) is 4.81. The molecule has 3 rings (SSSR count). The van der Waals surface area contributed by atoms with Gasteiger partial charge in [-0.1, -0.05) is 17.8 Å². The minimum absolute atomic E-state index is 0.0173. The van der Waals surface area contributed by atoms with Gasteiger partial charge in [0.05, 0.1) is 29.6 Å². The molecule has 0 radical (unpaired) electrons. The Morgan fingerprint density at radius 3 is 2.79 bits per heavy atom. The smallest absolute Gasteiger partial charge is 0.276 e. The summed E-state index contributed by atoms with van der Waals surface area (Å²) in [7, 11) is 1.50. The Morgan fingerprint density at radius 2 is 2.10 bits per heavy atom. The van der Waals surface area contributed by atoms with Gasteiger partial charge in [-0.3, -0.25) is 14.9 Å². The lowest BCUT2D eigenvalue weighted by atomic mass is 10.1. The highest BCUT2D eigenvalue weighted by molar-refractivity contribution is 8.15. The fourth-order valence-corrected chi connectivity index (χ4v) is 3.16. The molecule has 1 aliphatic heterocycles. The van der Waals surface area contributed by atoms with E-state index in [9.17, 15) is 14.9 Å². The van der Waals surface area contributed by atoms with E-state index in [1.54, 1.807) is 37.3 Å². The predicted molar refractivity (Wildman–Crippen MR) is 111 cm³/mol. The average Bonchev–Trinajstić information content (AvgIpc) is 3.12. The Morgan fingerprint density at radius 1 is 1.28 bits per heavy atom. The number of ether oxygens (including phenoxy) is 2. The number of nitro groups is 1. The van der Waals surface area contributed by atoms with Gasteiger partial charge in [0.1, 0.15) is 6.61 Å². The number of rotatable bonds is 7. The van der Waals surface area contributed by atoms with Crippen LogP contribution >= 0.6 is 11.8 Å². The fraction of sp³-hybridized carbons (Fsp3) is 0.211. The van der Waals surface area contributed by atoms with Gasteiger partial charge in [-0.15, -0.1) is 5.10 Å². The first-order valence-corrected chi connectivity index (χ1v) is 9.53. The van der Waals surface area contributed by atoms with Crippen molar-refractivity contribution < 1.29 is 19.2 Å². The SMILES string of the molecule is COc1cc(C=NN=C2NC(=O)CS2)ccc1OCc1ccc(C)cc1[N+](=O)[O-]. The molecule has 0 aromatic heterocycles. The van der Waals surface area contributed by atoms with Crippen LogP contribution < -0.4 is 14.8 Å². The number of carbonyl (C=O) groups is 1. The summed E-state index contributed by atoms with van der Waals surface area (Å²) in [5.74, 6) is 1.15. The summed E-state index contributed by atoms with van der Waals surface area (Å²) in [5.41, 5.74) is 2.01. The van der Waals surface area contributed by atoms with Gasteiger partial charge in [-0.25, -0.2) is 0 Å². The topological polar surface area (TPSA) is 115 Å². The van der Waals surface area contributed by atoms with Gasteiger partial charge in [0.2, 0.25) is 5.91 Å². The molecule has 9 nitrogen and oxygen atoms in total. The van der Waals surface area contributed by atoms with E-state index in [1.165, 1.54) is 31.2 Å². The van der Waals surface area contributed by atoms with E-state index in [0.29, 0.717) is 33.5 Å². The number of aryl methyl sites for hydroxylation is 1. The number of methoxy groups -OCH3 is 1. The second kappa shape index (κ2) is 9.20. The van der Waals surface area contributed by atoms with Gasteiger partial charge in [0.25, 0.3) is 5.69 Å². The maximum atomic E-state index is 11.2. The number of nitrogens with one attached hydrogen (secondary N) is 1. The summed E-state index contributed by atoms with van der Waals surface area (Å²) in [5, 5.41) is 22.2. The van der Waals surface area contributed by atoms with Crippen molar-refractivity contribution in [2.75, 3.05) is 12.9 Å². The van der Waals surface area contributed by atoms with Crippen molar-refractivity contribution >= 4 is 34.7 Å².